The van der Waals surface area contributed by atoms with E-state index in [1.807, 2.05) is 43.3 Å². The fourth-order valence-corrected chi connectivity index (χ4v) is 3.79. The van der Waals surface area contributed by atoms with Gasteiger partial charge in [-0.2, -0.15) is 0 Å². The molecule has 0 heterocycles. The third-order valence-electron chi connectivity index (χ3n) is 5.86. The summed E-state index contributed by atoms with van der Waals surface area (Å²) < 4.78 is 17.1. The average Bonchev–Trinajstić information content (AvgIpc) is 2.86. The van der Waals surface area contributed by atoms with Crippen LogP contribution in [0.3, 0.4) is 0 Å². The molecule has 0 aromatic heterocycles. The summed E-state index contributed by atoms with van der Waals surface area (Å²) in [5, 5.41) is 0. The molecule has 0 saturated carbocycles. The summed E-state index contributed by atoms with van der Waals surface area (Å²) in [6, 6.07) is 16.3. The quantitative estimate of drug-likeness (QED) is 0.163. The summed E-state index contributed by atoms with van der Waals surface area (Å²) in [7, 11) is 0. The first-order valence-electron chi connectivity index (χ1n) is 13.3. The van der Waals surface area contributed by atoms with Gasteiger partial charge in [-0.3, -0.25) is 4.79 Å². The smallest absolute Gasteiger partial charge is 0.305 e. The second-order valence-electron chi connectivity index (χ2n) is 9.09. The SMILES string of the molecule is CCCCCCCCOc1ccc(-c2ccc(OC(C)COC(=O)CCCCCC)cc2)cc1. The van der Waals surface area contributed by atoms with E-state index >= 15 is 0 Å². The van der Waals surface area contributed by atoms with Crippen LogP contribution in [0.15, 0.2) is 48.5 Å². The molecule has 1 atom stereocenters. The van der Waals surface area contributed by atoms with Crippen LogP contribution in [0, 0.1) is 0 Å². The number of unbranched alkanes of at least 4 members (excludes halogenated alkanes) is 8. The van der Waals surface area contributed by atoms with E-state index in [-0.39, 0.29) is 18.7 Å². The van der Waals surface area contributed by atoms with Gasteiger partial charge >= 0.3 is 5.97 Å². The molecule has 4 heteroatoms. The molecule has 0 N–H and O–H groups in total. The number of ether oxygens (including phenoxy) is 3. The van der Waals surface area contributed by atoms with Gasteiger partial charge in [-0.25, -0.2) is 0 Å². The van der Waals surface area contributed by atoms with Gasteiger partial charge in [0, 0.05) is 6.42 Å². The summed E-state index contributed by atoms with van der Waals surface area (Å²) in [5.41, 5.74) is 2.27. The van der Waals surface area contributed by atoms with Gasteiger partial charge in [0.25, 0.3) is 0 Å². The van der Waals surface area contributed by atoms with Crippen molar-refractivity contribution >= 4 is 5.97 Å². The Morgan fingerprint density at radius 3 is 1.85 bits per heavy atom. The third-order valence-corrected chi connectivity index (χ3v) is 5.86. The van der Waals surface area contributed by atoms with Crippen LogP contribution in [-0.2, 0) is 9.53 Å². The lowest BCUT2D eigenvalue weighted by atomic mass is 10.1. The maximum Gasteiger partial charge on any atom is 0.305 e. The molecule has 1 unspecified atom stereocenters. The molecule has 0 aliphatic carbocycles. The summed E-state index contributed by atoms with van der Waals surface area (Å²) in [6.07, 6.45) is 12.2. The fourth-order valence-electron chi connectivity index (χ4n) is 3.79. The normalized spacial score (nSPS) is 11.7. The predicted molar refractivity (Wildman–Crippen MR) is 141 cm³/mol. The molecule has 0 spiro atoms. The number of hydrogen-bond acceptors (Lipinski definition) is 4. The van der Waals surface area contributed by atoms with Crippen molar-refractivity contribution in [2.24, 2.45) is 0 Å². The van der Waals surface area contributed by atoms with Gasteiger partial charge in [-0.1, -0.05) is 89.5 Å². The fraction of sp³-hybridized carbons (Fsp3) is 0.567. The van der Waals surface area contributed by atoms with Gasteiger partial charge in [0.05, 0.1) is 6.61 Å². The van der Waals surface area contributed by atoms with E-state index in [0.29, 0.717) is 6.42 Å². The molecule has 2 aromatic carbocycles. The van der Waals surface area contributed by atoms with E-state index in [2.05, 4.69) is 26.0 Å². The number of rotatable bonds is 18. The molecule has 2 rings (SSSR count). The lowest BCUT2D eigenvalue weighted by Crippen LogP contribution is -2.21. The molecule has 0 radical (unpaired) electrons. The highest BCUT2D eigenvalue weighted by atomic mass is 16.6. The Labute approximate surface area is 207 Å². The van der Waals surface area contributed by atoms with E-state index in [9.17, 15) is 4.79 Å². The molecule has 34 heavy (non-hydrogen) atoms. The summed E-state index contributed by atoms with van der Waals surface area (Å²) in [5.74, 6) is 1.56. The number of esters is 1. The van der Waals surface area contributed by atoms with Crippen molar-refractivity contribution in [2.45, 2.75) is 97.5 Å². The van der Waals surface area contributed by atoms with Crippen LogP contribution in [0.1, 0.15) is 91.4 Å². The van der Waals surface area contributed by atoms with Gasteiger partial charge in [-0.05, 0) is 55.2 Å². The van der Waals surface area contributed by atoms with Crippen molar-refractivity contribution in [3.8, 4) is 22.6 Å². The standard InChI is InChI=1S/C30H44O4/c1-4-6-8-10-11-13-23-32-28-19-15-26(16-20-28)27-17-21-29(22-18-27)34-25(3)24-33-30(31)14-12-9-7-5-2/h15-22,25H,4-14,23-24H2,1-3H3. The topological polar surface area (TPSA) is 44.8 Å². The highest BCUT2D eigenvalue weighted by Crippen LogP contribution is 2.25. The van der Waals surface area contributed by atoms with Gasteiger partial charge in [0.1, 0.15) is 24.2 Å². The van der Waals surface area contributed by atoms with Crippen LogP contribution in [0.5, 0.6) is 11.5 Å². The molecule has 0 amide bonds. The zero-order chi connectivity index (χ0) is 24.4. The Balaban J connectivity index is 1.69. The number of carbonyl (C=O) groups is 1. The first-order valence-corrected chi connectivity index (χ1v) is 13.3. The Morgan fingerprint density at radius 1 is 0.706 bits per heavy atom. The van der Waals surface area contributed by atoms with Gasteiger partial charge in [0.2, 0.25) is 0 Å². The lowest BCUT2D eigenvalue weighted by Gasteiger charge is -2.15. The third kappa shape index (κ3) is 11.6. The Kier molecular flexibility index (Phi) is 13.9. The van der Waals surface area contributed by atoms with E-state index in [1.54, 1.807) is 0 Å². The molecule has 4 nitrogen and oxygen atoms in total. The molecular weight excluding hydrogens is 424 g/mol. The van der Waals surface area contributed by atoms with Crippen molar-refractivity contribution in [3.63, 3.8) is 0 Å². The van der Waals surface area contributed by atoms with Crippen molar-refractivity contribution in [1.29, 1.82) is 0 Å². The number of benzene rings is 2. The van der Waals surface area contributed by atoms with Crippen LogP contribution in [0.25, 0.3) is 11.1 Å². The van der Waals surface area contributed by atoms with Gasteiger partial charge in [-0.15, -0.1) is 0 Å². The highest BCUT2D eigenvalue weighted by Gasteiger charge is 2.09. The Morgan fingerprint density at radius 2 is 1.24 bits per heavy atom. The Bertz CT molecular complexity index is 782. The monoisotopic (exact) mass is 468 g/mol. The number of hydrogen-bond donors (Lipinski definition) is 0. The number of carbonyl (C=O) groups excluding carboxylic acids is 1. The second kappa shape index (κ2) is 17.0. The highest BCUT2D eigenvalue weighted by molar-refractivity contribution is 5.69. The van der Waals surface area contributed by atoms with Crippen molar-refractivity contribution < 1.29 is 19.0 Å². The van der Waals surface area contributed by atoms with Crippen molar-refractivity contribution in [1.82, 2.24) is 0 Å². The summed E-state index contributed by atoms with van der Waals surface area (Å²) >= 11 is 0. The molecular formula is C30H44O4. The van der Waals surface area contributed by atoms with Crippen LogP contribution in [-0.4, -0.2) is 25.3 Å². The van der Waals surface area contributed by atoms with Crippen LogP contribution in [0.2, 0.25) is 0 Å². The molecule has 0 fully saturated rings. The summed E-state index contributed by atoms with van der Waals surface area (Å²) in [4.78, 5) is 11.8. The van der Waals surface area contributed by atoms with E-state index in [4.69, 9.17) is 14.2 Å². The minimum Gasteiger partial charge on any atom is -0.494 e. The molecule has 188 valence electrons. The molecule has 0 aliphatic rings. The first-order chi connectivity index (χ1) is 16.6. The molecule has 2 aromatic rings. The molecule has 0 aliphatic heterocycles. The van der Waals surface area contributed by atoms with Gasteiger partial charge in [0.15, 0.2) is 0 Å². The zero-order valence-electron chi connectivity index (χ0n) is 21.5. The van der Waals surface area contributed by atoms with E-state index in [0.717, 1.165) is 54.9 Å². The largest absolute Gasteiger partial charge is 0.494 e. The Hall–Kier alpha value is -2.49. The predicted octanol–water partition coefficient (Wildman–Crippen LogP) is 8.37. The minimum absolute atomic E-state index is 0.138. The minimum atomic E-state index is -0.187. The van der Waals surface area contributed by atoms with Crippen molar-refractivity contribution in [2.75, 3.05) is 13.2 Å². The average molecular weight is 469 g/mol. The zero-order valence-corrected chi connectivity index (χ0v) is 21.5. The maximum absolute atomic E-state index is 11.8. The lowest BCUT2D eigenvalue weighted by molar-refractivity contribution is -0.146. The van der Waals surface area contributed by atoms with Crippen LogP contribution in [0.4, 0.5) is 0 Å². The van der Waals surface area contributed by atoms with Crippen LogP contribution >= 0.6 is 0 Å². The molecule has 0 bridgehead atoms. The second-order valence-corrected chi connectivity index (χ2v) is 9.09. The van der Waals surface area contributed by atoms with Crippen molar-refractivity contribution in [3.05, 3.63) is 48.5 Å². The van der Waals surface area contributed by atoms with Crippen LogP contribution < -0.4 is 9.47 Å². The summed E-state index contributed by atoms with van der Waals surface area (Å²) in [6.45, 7) is 7.38. The van der Waals surface area contributed by atoms with E-state index < -0.39 is 0 Å². The van der Waals surface area contributed by atoms with Gasteiger partial charge < -0.3 is 14.2 Å². The maximum atomic E-state index is 11.8. The first kappa shape index (κ1) is 27.8. The van der Waals surface area contributed by atoms with E-state index in [1.165, 1.54) is 38.5 Å². The molecule has 0 saturated heterocycles.